The first-order chi connectivity index (χ1) is 14.1. The van der Waals surface area contributed by atoms with E-state index in [1.807, 2.05) is 26.8 Å². The second-order valence-corrected chi connectivity index (χ2v) is 8.82. The van der Waals surface area contributed by atoms with Crippen LogP contribution in [0.2, 0.25) is 0 Å². The van der Waals surface area contributed by atoms with E-state index in [1.54, 1.807) is 19.1 Å². The van der Waals surface area contributed by atoms with Gasteiger partial charge in [0.05, 0.1) is 12.0 Å². The molecule has 0 spiro atoms. The Morgan fingerprint density at radius 2 is 1.87 bits per heavy atom. The molecule has 6 atom stereocenters. The van der Waals surface area contributed by atoms with Gasteiger partial charge in [-0.2, -0.15) is 0 Å². The molecule has 0 aliphatic carbocycles. The Balaban J connectivity index is 2.78. The van der Waals surface area contributed by atoms with Crippen LogP contribution in [-0.2, 0) is 14.3 Å². The summed E-state index contributed by atoms with van der Waals surface area (Å²) in [5.74, 6) is -0.461. The molecule has 1 aliphatic rings. The Morgan fingerprint density at radius 3 is 2.47 bits per heavy atom. The van der Waals surface area contributed by atoms with E-state index in [9.17, 15) is 14.7 Å². The molecule has 1 N–H and O–H groups in total. The number of rotatable bonds is 11. The van der Waals surface area contributed by atoms with E-state index in [0.29, 0.717) is 5.92 Å². The van der Waals surface area contributed by atoms with Crippen molar-refractivity contribution < 1.29 is 19.4 Å². The van der Waals surface area contributed by atoms with Crippen molar-refractivity contribution >= 4 is 11.8 Å². The molecular weight excluding hydrogens is 376 g/mol. The van der Waals surface area contributed by atoms with Gasteiger partial charge in [-0.05, 0) is 38.7 Å². The van der Waals surface area contributed by atoms with Crippen molar-refractivity contribution in [3.63, 3.8) is 0 Å². The fourth-order valence-electron chi connectivity index (χ4n) is 3.55. The number of ketones is 1. The van der Waals surface area contributed by atoms with Gasteiger partial charge >= 0.3 is 5.97 Å². The Hall–Kier alpha value is -1.94. The van der Waals surface area contributed by atoms with E-state index in [1.165, 1.54) is 26.2 Å². The van der Waals surface area contributed by atoms with E-state index in [0.717, 1.165) is 11.1 Å². The van der Waals surface area contributed by atoms with Crippen molar-refractivity contribution in [1.82, 2.24) is 0 Å². The number of ether oxygens (including phenoxy) is 1. The lowest BCUT2D eigenvalue weighted by molar-refractivity contribution is -0.142. The van der Waals surface area contributed by atoms with Crippen LogP contribution in [-0.4, -0.2) is 29.1 Å². The first kappa shape index (κ1) is 26.1. The quantitative estimate of drug-likeness (QED) is 0.353. The molecule has 0 bridgehead atoms. The molecule has 1 heterocycles. The van der Waals surface area contributed by atoms with Gasteiger partial charge in [-0.15, -0.1) is 0 Å². The molecule has 0 radical (unpaired) electrons. The molecule has 168 valence electrons. The maximum atomic E-state index is 12.4. The minimum Gasteiger partial charge on any atom is -0.457 e. The fourth-order valence-corrected chi connectivity index (χ4v) is 3.55. The third-order valence-corrected chi connectivity index (χ3v) is 5.97. The molecule has 3 unspecified atom stereocenters. The number of unbranched alkanes of at least 4 members (excludes halogenated alkanes) is 1. The number of aliphatic hydroxyl groups is 1. The van der Waals surface area contributed by atoms with Gasteiger partial charge < -0.3 is 9.84 Å². The Bertz CT molecular complexity index is 698. The summed E-state index contributed by atoms with van der Waals surface area (Å²) in [6.45, 7) is 13.5. The zero-order chi connectivity index (χ0) is 22.8. The van der Waals surface area contributed by atoms with Crippen LogP contribution in [0, 0.1) is 23.7 Å². The topological polar surface area (TPSA) is 63.6 Å². The summed E-state index contributed by atoms with van der Waals surface area (Å²) in [5, 5.41) is 10.0. The van der Waals surface area contributed by atoms with Crippen LogP contribution < -0.4 is 0 Å². The van der Waals surface area contributed by atoms with Crippen LogP contribution in [0.4, 0.5) is 0 Å². The number of hydrogen-bond donors (Lipinski definition) is 1. The van der Waals surface area contributed by atoms with Crippen LogP contribution in [0.15, 0.2) is 47.6 Å². The average Bonchev–Trinajstić information content (AvgIpc) is 2.97. The van der Waals surface area contributed by atoms with Crippen molar-refractivity contribution in [3.8, 4) is 0 Å². The van der Waals surface area contributed by atoms with E-state index in [2.05, 4.69) is 32.1 Å². The third-order valence-electron chi connectivity index (χ3n) is 5.97. The number of Topliss-reactive ketones (excluding diaryl/α,β-unsaturated/α-hetero) is 1. The van der Waals surface area contributed by atoms with Gasteiger partial charge in [0.1, 0.15) is 11.9 Å². The fraction of sp³-hybridized carbons (Fsp3) is 0.615. The second-order valence-electron chi connectivity index (χ2n) is 8.82. The van der Waals surface area contributed by atoms with Crippen LogP contribution in [0.5, 0.6) is 0 Å². The highest BCUT2D eigenvalue weighted by Gasteiger charge is 2.41. The highest BCUT2D eigenvalue weighted by Crippen LogP contribution is 2.34. The molecule has 0 aromatic carbocycles. The number of carbonyl (C=O) groups is 2. The maximum absolute atomic E-state index is 12.4. The van der Waals surface area contributed by atoms with Crippen molar-refractivity contribution in [3.05, 3.63) is 47.6 Å². The lowest BCUT2D eigenvalue weighted by Gasteiger charge is -2.16. The monoisotopic (exact) mass is 416 g/mol. The molecule has 1 fully saturated rings. The van der Waals surface area contributed by atoms with Crippen LogP contribution in [0.3, 0.4) is 0 Å². The molecule has 0 saturated carbocycles. The van der Waals surface area contributed by atoms with E-state index in [4.69, 9.17) is 4.74 Å². The van der Waals surface area contributed by atoms with E-state index in [-0.39, 0.29) is 29.7 Å². The minimum atomic E-state index is -0.830. The van der Waals surface area contributed by atoms with Gasteiger partial charge in [0.15, 0.2) is 0 Å². The molecule has 4 heteroatoms. The van der Waals surface area contributed by atoms with Gasteiger partial charge in [-0.1, -0.05) is 82.6 Å². The molecule has 1 aliphatic heterocycles. The number of esters is 1. The first-order valence-electron chi connectivity index (χ1n) is 11.2. The van der Waals surface area contributed by atoms with Gasteiger partial charge in [-0.25, -0.2) is 0 Å². The average molecular weight is 417 g/mol. The molecule has 4 nitrogen and oxygen atoms in total. The van der Waals surface area contributed by atoms with Gasteiger partial charge in [0.25, 0.3) is 0 Å². The SMILES string of the molecule is CCCCC(C)/C=C/C=C(\C)[C@H]1OC(=O)[C@@H](/C=C(C)/C=C/C(O)C(C)C(C)=O)[C@@H]1C. The first-order valence-corrected chi connectivity index (χ1v) is 11.2. The van der Waals surface area contributed by atoms with Crippen molar-refractivity contribution in [2.75, 3.05) is 0 Å². The van der Waals surface area contributed by atoms with Gasteiger partial charge in [-0.3, -0.25) is 9.59 Å². The van der Waals surface area contributed by atoms with E-state index < -0.39 is 12.0 Å². The van der Waals surface area contributed by atoms with Crippen molar-refractivity contribution in [2.24, 2.45) is 23.7 Å². The van der Waals surface area contributed by atoms with Crippen LogP contribution in [0.1, 0.15) is 67.7 Å². The number of cyclic esters (lactones) is 1. The normalized spacial score (nSPS) is 26.3. The van der Waals surface area contributed by atoms with Gasteiger partial charge in [0, 0.05) is 11.8 Å². The maximum Gasteiger partial charge on any atom is 0.313 e. The van der Waals surface area contributed by atoms with Crippen molar-refractivity contribution in [1.29, 1.82) is 0 Å². The molecule has 0 aromatic heterocycles. The Kier molecular flexibility index (Phi) is 11.0. The smallest absolute Gasteiger partial charge is 0.313 e. The molecule has 30 heavy (non-hydrogen) atoms. The number of allylic oxidation sites excluding steroid dienone is 5. The second kappa shape index (κ2) is 12.7. The summed E-state index contributed by atoms with van der Waals surface area (Å²) in [7, 11) is 0. The largest absolute Gasteiger partial charge is 0.457 e. The Morgan fingerprint density at radius 1 is 1.20 bits per heavy atom. The zero-order valence-electron chi connectivity index (χ0n) is 19.7. The molecular formula is C26H40O4. The summed E-state index contributed by atoms with van der Waals surface area (Å²) < 4.78 is 5.66. The highest BCUT2D eigenvalue weighted by molar-refractivity contribution is 5.79. The minimum absolute atomic E-state index is 0.0316. The highest BCUT2D eigenvalue weighted by atomic mass is 16.6. The number of carbonyl (C=O) groups excluding carboxylic acids is 2. The molecule has 0 amide bonds. The molecule has 1 saturated heterocycles. The van der Waals surface area contributed by atoms with Crippen LogP contribution >= 0.6 is 0 Å². The lowest BCUT2D eigenvalue weighted by atomic mass is 9.87. The summed E-state index contributed by atoms with van der Waals surface area (Å²) >= 11 is 0. The summed E-state index contributed by atoms with van der Waals surface area (Å²) in [5.41, 5.74) is 1.91. The van der Waals surface area contributed by atoms with E-state index >= 15 is 0 Å². The van der Waals surface area contributed by atoms with Crippen LogP contribution in [0.25, 0.3) is 0 Å². The zero-order valence-corrected chi connectivity index (χ0v) is 19.7. The number of hydrogen-bond acceptors (Lipinski definition) is 4. The molecule has 0 aromatic rings. The summed E-state index contributed by atoms with van der Waals surface area (Å²) in [6.07, 6.45) is 14.2. The van der Waals surface area contributed by atoms with Crippen molar-refractivity contribution in [2.45, 2.75) is 79.9 Å². The predicted octanol–water partition coefficient (Wildman–Crippen LogP) is 5.58. The summed E-state index contributed by atoms with van der Waals surface area (Å²) in [4.78, 5) is 23.8. The lowest BCUT2D eigenvalue weighted by Crippen LogP contribution is -2.21. The standard InChI is InChI=1S/C26H40O4/c1-8-9-11-17(2)12-10-13-19(4)25-21(6)23(26(29)30-25)16-18(3)14-15-24(28)20(5)22(7)27/h10,12-17,20-21,23-25,28H,8-9,11H2,1-7H3/b12-10+,15-14+,18-16+,19-13+/t17?,20?,21-,23-,24?,25+/m0/s1. The predicted molar refractivity (Wildman–Crippen MR) is 123 cm³/mol. The third kappa shape index (κ3) is 8.06. The number of aliphatic hydroxyl groups excluding tert-OH is 1. The Labute approximate surface area is 182 Å². The van der Waals surface area contributed by atoms with Gasteiger partial charge in [0.2, 0.25) is 0 Å². The summed E-state index contributed by atoms with van der Waals surface area (Å²) in [6, 6.07) is 0. The molecule has 1 rings (SSSR count).